The topological polar surface area (TPSA) is 109 Å². The summed E-state index contributed by atoms with van der Waals surface area (Å²) in [7, 11) is 2.97. The Morgan fingerprint density at radius 2 is 1.97 bits per heavy atom. The Balaban J connectivity index is 1.84. The molecule has 0 aliphatic heterocycles. The second-order valence-electron chi connectivity index (χ2n) is 6.89. The molecule has 1 aromatic carbocycles. The number of thiophene rings is 1. The fraction of sp³-hybridized carbons (Fsp3) is 0.333. The number of hydrogen-bond acceptors (Lipinski definition) is 8. The summed E-state index contributed by atoms with van der Waals surface area (Å²) in [6.45, 7) is 3.56. The van der Waals surface area contributed by atoms with Crippen molar-refractivity contribution in [1.29, 1.82) is 0 Å². The van der Waals surface area contributed by atoms with Gasteiger partial charge in [-0.25, -0.2) is 9.78 Å². The zero-order valence-corrected chi connectivity index (χ0v) is 19.6. The molecule has 0 saturated heterocycles. The summed E-state index contributed by atoms with van der Waals surface area (Å²) in [4.78, 5) is 42.9. The fourth-order valence-corrected chi connectivity index (χ4v) is 4.21. The Labute approximate surface area is 192 Å². The number of anilines is 1. The summed E-state index contributed by atoms with van der Waals surface area (Å²) < 4.78 is 16.5. The van der Waals surface area contributed by atoms with Crippen LogP contribution in [0.2, 0.25) is 5.02 Å². The molecule has 0 aliphatic carbocycles. The second-order valence-corrected chi connectivity index (χ2v) is 8.30. The van der Waals surface area contributed by atoms with Gasteiger partial charge in [0.2, 0.25) is 5.91 Å². The van der Waals surface area contributed by atoms with Gasteiger partial charge in [-0.1, -0.05) is 11.6 Å². The third kappa shape index (κ3) is 4.93. The molecule has 2 aromatic heterocycles. The summed E-state index contributed by atoms with van der Waals surface area (Å²) in [6.07, 6.45) is 1.28. The number of amides is 1. The maximum atomic E-state index is 13.0. The number of carbonyl (C=O) groups is 2. The number of rotatable bonds is 8. The van der Waals surface area contributed by atoms with Crippen molar-refractivity contribution in [1.82, 2.24) is 9.55 Å². The lowest BCUT2D eigenvalue weighted by atomic mass is 10.2. The standard InChI is InChI=1S/C21H22ClN3O6S/c1-11-7-14(15(30-4)8-13(11)22)24-16(26)9-25-10-23-19-17(20(25)27)12(2)18(32-19)21(28)31-6-5-29-3/h7-8,10H,5-6,9H2,1-4H3,(H,24,26). The van der Waals surface area contributed by atoms with Crippen LogP contribution in [-0.4, -0.2) is 48.9 Å². The van der Waals surface area contributed by atoms with Crippen LogP contribution >= 0.6 is 22.9 Å². The summed E-state index contributed by atoms with van der Waals surface area (Å²) in [6, 6.07) is 3.29. The quantitative estimate of drug-likeness (QED) is 0.390. The zero-order chi connectivity index (χ0) is 23.4. The van der Waals surface area contributed by atoms with Gasteiger partial charge in [-0.15, -0.1) is 11.3 Å². The van der Waals surface area contributed by atoms with Gasteiger partial charge in [-0.3, -0.25) is 14.2 Å². The van der Waals surface area contributed by atoms with Crippen molar-refractivity contribution >= 4 is 50.7 Å². The van der Waals surface area contributed by atoms with Crippen molar-refractivity contribution in [3.8, 4) is 5.75 Å². The van der Waals surface area contributed by atoms with Gasteiger partial charge in [0.05, 0.1) is 31.1 Å². The van der Waals surface area contributed by atoms with Crippen LogP contribution < -0.4 is 15.6 Å². The molecule has 9 nitrogen and oxygen atoms in total. The highest BCUT2D eigenvalue weighted by Gasteiger charge is 2.21. The van der Waals surface area contributed by atoms with Crippen LogP contribution in [0.1, 0.15) is 20.8 Å². The van der Waals surface area contributed by atoms with E-state index in [4.69, 9.17) is 25.8 Å². The molecule has 3 rings (SSSR count). The van der Waals surface area contributed by atoms with Gasteiger partial charge in [0.25, 0.3) is 5.56 Å². The van der Waals surface area contributed by atoms with Crippen molar-refractivity contribution in [2.45, 2.75) is 20.4 Å². The fourth-order valence-electron chi connectivity index (χ4n) is 3.02. The van der Waals surface area contributed by atoms with Gasteiger partial charge >= 0.3 is 5.97 Å². The van der Waals surface area contributed by atoms with E-state index >= 15 is 0 Å². The molecule has 1 N–H and O–H groups in total. The molecule has 0 unspecified atom stereocenters. The maximum absolute atomic E-state index is 13.0. The van der Waals surface area contributed by atoms with E-state index in [1.807, 2.05) is 0 Å². The number of nitrogens with one attached hydrogen (secondary N) is 1. The molecule has 2 heterocycles. The Bertz CT molecular complexity index is 1240. The summed E-state index contributed by atoms with van der Waals surface area (Å²) >= 11 is 7.17. The molecule has 0 saturated carbocycles. The highest BCUT2D eigenvalue weighted by atomic mass is 35.5. The summed E-state index contributed by atoms with van der Waals surface area (Å²) in [5, 5.41) is 3.52. The first-order chi connectivity index (χ1) is 15.3. The van der Waals surface area contributed by atoms with Crippen molar-refractivity contribution < 1.29 is 23.8 Å². The lowest BCUT2D eigenvalue weighted by Gasteiger charge is -2.13. The van der Waals surface area contributed by atoms with E-state index in [0.29, 0.717) is 31.7 Å². The highest BCUT2D eigenvalue weighted by molar-refractivity contribution is 7.20. The highest BCUT2D eigenvalue weighted by Crippen LogP contribution is 2.31. The van der Waals surface area contributed by atoms with Crippen LogP contribution in [0.15, 0.2) is 23.3 Å². The van der Waals surface area contributed by atoms with Crippen LogP contribution in [-0.2, 0) is 20.8 Å². The third-order valence-electron chi connectivity index (χ3n) is 4.69. The first-order valence-corrected chi connectivity index (χ1v) is 10.7. The second kappa shape index (κ2) is 10.1. The van der Waals surface area contributed by atoms with Crippen LogP contribution in [0, 0.1) is 13.8 Å². The number of carbonyl (C=O) groups excluding carboxylic acids is 2. The third-order valence-corrected chi connectivity index (χ3v) is 6.28. The Hall–Kier alpha value is -2.95. The largest absolute Gasteiger partial charge is 0.495 e. The predicted molar refractivity (Wildman–Crippen MR) is 122 cm³/mol. The van der Waals surface area contributed by atoms with E-state index < -0.39 is 17.4 Å². The molecule has 0 spiro atoms. The molecular formula is C21H22ClN3O6S. The lowest BCUT2D eigenvalue weighted by Crippen LogP contribution is -2.28. The maximum Gasteiger partial charge on any atom is 0.348 e. The SMILES string of the molecule is COCCOC(=O)c1sc2ncn(CC(=O)Nc3cc(C)c(Cl)cc3OC)c(=O)c2c1C. The van der Waals surface area contributed by atoms with Gasteiger partial charge in [-0.2, -0.15) is 0 Å². The first-order valence-electron chi connectivity index (χ1n) is 9.55. The number of esters is 1. The molecule has 0 aliphatic rings. The van der Waals surface area contributed by atoms with Crippen LogP contribution in [0.25, 0.3) is 10.2 Å². The van der Waals surface area contributed by atoms with E-state index in [2.05, 4.69) is 10.3 Å². The van der Waals surface area contributed by atoms with Gasteiger partial charge in [0.1, 0.15) is 28.6 Å². The molecule has 170 valence electrons. The number of fused-ring (bicyclic) bond motifs is 1. The number of hydrogen-bond donors (Lipinski definition) is 1. The summed E-state index contributed by atoms with van der Waals surface area (Å²) in [5.74, 6) is -0.586. The number of halogens is 1. The Morgan fingerprint density at radius 1 is 1.22 bits per heavy atom. The van der Waals surface area contributed by atoms with E-state index in [-0.39, 0.29) is 25.1 Å². The number of benzene rings is 1. The minimum absolute atomic E-state index is 0.106. The number of aryl methyl sites for hydroxylation is 2. The monoisotopic (exact) mass is 479 g/mol. The molecular weight excluding hydrogens is 458 g/mol. The number of nitrogens with zero attached hydrogens (tertiary/aromatic N) is 2. The average molecular weight is 480 g/mol. The smallest absolute Gasteiger partial charge is 0.348 e. The normalized spacial score (nSPS) is 10.9. The number of methoxy groups -OCH3 is 2. The molecule has 3 aromatic rings. The molecule has 0 atom stereocenters. The number of ether oxygens (including phenoxy) is 3. The first kappa shape index (κ1) is 23.7. The minimum Gasteiger partial charge on any atom is -0.495 e. The van der Waals surface area contributed by atoms with E-state index in [9.17, 15) is 14.4 Å². The lowest BCUT2D eigenvalue weighted by molar-refractivity contribution is -0.116. The van der Waals surface area contributed by atoms with Gasteiger partial charge < -0.3 is 19.5 Å². The summed E-state index contributed by atoms with van der Waals surface area (Å²) in [5.41, 5.74) is 1.25. The molecule has 0 radical (unpaired) electrons. The Morgan fingerprint density at radius 3 is 2.66 bits per heavy atom. The zero-order valence-electron chi connectivity index (χ0n) is 18.0. The van der Waals surface area contributed by atoms with Gasteiger partial charge in [0, 0.05) is 18.2 Å². The molecule has 1 amide bonds. The van der Waals surface area contributed by atoms with Crippen LogP contribution in [0.3, 0.4) is 0 Å². The van der Waals surface area contributed by atoms with Crippen molar-refractivity contribution in [3.05, 3.63) is 49.8 Å². The molecule has 11 heteroatoms. The van der Waals surface area contributed by atoms with Crippen molar-refractivity contribution in [2.24, 2.45) is 0 Å². The van der Waals surface area contributed by atoms with E-state index in [0.717, 1.165) is 16.9 Å². The van der Waals surface area contributed by atoms with E-state index in [1.165, 1.54) is 25.1 Å². The molecule has 0 bridgehead atoms. The molecule has 32 heavy (non-hydrogen) atoms. The molecule has 0 fully saturated rings. The Kier molecular flexibility index (Phi) is 7.49. The minimum atomic E-state index is -0.545. The van der Waals surface area contributed by atoms with Crippen LogP contribution in [0.4, 0.5) is 5.69 Å². The van der Waals surface area contributed by atoms with Crippen molar-refractivity contribution in [2.75, 3.05) is 32.8 Å². The van der Waals surface area contributed by atoms with Gasteiger partial charge in [-0.05, 0) is 31.0 Å². The van der Waals surface area contributed by atoms with Gasteiger partial charge in [0.15, 0.2) is 0 Å². The van der Waals surface area contributed by atoms with E-state index in [1.54, 1.807) is 26.0 Å². The predicted octanol–water partition coefficient (Wildman–Crippen LogP) is 3.18. The average Bonchev–Trinajstić information content (AvgIpc) is 3.10. The number of aromatic nitrogens is 2. The van der Waals surface area contributed by atoms with Crippen LogP contribution in [0.5, 0.6) is 5.75 Å². The van der Waals surface area contributed by atoms with Crippen molar-refractivity contribution in [3.63, 3.8) is 0 Å².